The van der Waals surface area contributed by atoms with Gasteiger partial charge in [0.15, 0.2) is 0 Å². The van der Waals surface area contributed by atoms with E-state index in [2.05, 4.69) is 26.1 Å². The summed E-state index contributed by atoms with van der Waals surface area (Å²) in [6, 6.07) is 0.593. The normalized spacial score (nSPS) is 21.4. The molecule has 0 aromatic carbocycles. The highest BCUT2D eigenvalue weighted by Gasteiger charge is 2.33. The summed E-state index contributed by atoms with van der Waals surface area (Å²) in [4.78, 5) is 0. The summed E-state index contributed by atoms with van der Waals surface area (Å²) in [5, 5.41) is 12.8. The molecule has 1 aliphatic rings. The van der Waals surface area contributed by atoms with E-state index in [0.717, 1.165) is 6.42 Å². The van der Waals surface area contributed by atoms with Gasteiger partial charge in [-0.3, -0.25) is 0 Å². The minimum Gasteiger partial charge on any atom is -0.394 e. The van der Waals surface area contributed by atoms with Crippen LogP contribution in [0.25, 0.3) is 0 Å². The molecule has 90 valence electrons. The highest BCUT2D eigenvalue weighted by molar-refractivity contribution is 4.92. The van der Waals surface area contributed by atoms with Gasteiger partial charge in [-0.15, -0.1) is 0 Å². The van der Waals surface area contributed by atoms with Crippen LogP contribution in [-0.4, -0.2) is 35.5 Å². The quantitative estimate of drug-likeness (QED) is 0.679. The number of aliphatic hydroxyl groups excluding tert-OH is 1. The van der Waals surface area contributed by atoms with Crippen molar-refractivity contribution in [3.8, 4) is 0 Å². The highest BCUT2D eigenvalue weighted by Crippen LogP contribution is 2.24. The first-order valence-corrected chi connectivity index (χ1v) is 5.93. The van der Waals surface area contributed by atoms with E-state index in [1.807, 2.05) is 6.92 Å². The SMILES string of the molecule is CCC(C)(C)OCC(C)(CO)NC1CC1. The Labute approximate surface area is 93.2 Å². The molecule has 0 radical (unpaired) electrons. The Morgan fingerprint density at radius 1 is 1.33 bits per heavy atom. The number of hydrogen-bond donors (Lipinski definition) is 2. The van der Waals surface area contributed by atoms with Crippen molar-refractivity contribution in [3.63, 3.8) is 0 Å². The van der Waals surface area contributed by atoms with Gasteiger partial charge in [-0.25, -0.2) is 0 Å². The predicted molar refractivity (Wildman–Crippen MR) is 62.0 cm³/mol. The van der Waals surface area contributed by atoms with Crippen molar-refractivity contribution in [1.82, 2.24) is 5.32 Å². The van der Waals surface area contributed by atoms with Crippen molar-refractivity contribution in [2.45, 2.75) is 64.1 Å². The smallest absolute Gasteiger partial charge is 0.0675 e. The second kappa shape index (κ2) is 4.81. The maximum atomic E-state index is 9.39. The molecule has 0 aliphatic heterocycles. The van der Waals surface area contributed by atoms with E-state index in [0.29, 0.717) is 12.6 Å². The lowest BCUT2D eigenvalue weighted by Gasteiger charge is -2.33. The van der Waals surface area contributed by atoms with Crippen LogP contribution in [0.1, 0.15) is 47.0 Å². The van der Waals surface area contributed by atoms with Crippen LogP contribution in [0.3, 0.4) is 0 Å². The summed E-state index contributed by atoms with van der Waals surface area (Å²) in [5.41, 5.74) is -0.380. The van der Waals surface area contributed by atoms with E-state index in [9.17, 15) is 5.11 Å². The third kappa shape index (κ3) is 4.49. The zero-order valence-corrected chi connectivity index (χ0v) is 10.5. The number of aliphatic hydroxyl groups is 1. The molecule has 0 aromatic rings. The lowest BCUT2D eigenvalue weighted by molar-refractivity contribution is -0.0577. The maximum Gasteiger partial charge on any atom is 0.0675 e. The highest BCUT2D eigenvalue weighted by atomic mass is 16.5. The van der Waals surface area contributed by atoms with Gasteiger partial charge in [0, 0.05) is 6.04 Å². The van der Waals surface area contributed by atoms with Gasteiger partial charge in [0.25, 0.3) is 0 Å². The van der Waals surface area contributed by atoms with Crippen LogP contribution in [0.5, 0.6) is 0 Å². The van der Waals surface area contributed by atoms with Gasteiger partial charge in [-0.05, 0) is 40.0 Å². The molecule has 3 nitrogen and oxygen atoms in total. The summed E-state index contributed by atoms with van der Waals surface area (Å²) < 4.78 is 5.84. The maximum absolute atomic E-state index is 9.39. The van der Waals surface area contributed by atoms with Gasteiger partial charge in [-0.1, -0.05) is 6.92 Å². The van der Waals surface area contributed by atoms with Gasteiger partial charge < -0.3 is 15.2 Å². The van der Waals surface area contributed by atoms with Crippen LogP contribution >= 0.6 is 0 Å². The van der Waals surface area contributed by atoms with E-state index in [1.54, 1.807) is 0 Å². The average molecular weight is 215 g/mol. The first-order valence-electron chi connectivity index (χ1n) is 5.93. The molecule has 1 rings (SSSR count). The summed E-state index contributed by atoms with van der Waals surface area (Å²) in [6.45, 7) is 9.01. The van der Waals surface area contributed by atoms with Crippen LogP contribution < -0.4 is 5.32 Å². The molecule has 1 saturated carbocycles. The number of hydrogen-bond acceptors (Lipinski definition) is 3. The van der Waals surface area contributed by atoms with Crippen LogP contribution in [0, 0.1) is 0 Å². The molecule has 1 atom stereocenters. The lowest BCUT2D eigenvalue weighted by Crippen LogP contribution is -2.52. The Morgan fingerprint density at radius 2 is 1.93 bits per heavy atom. The van der Waals surface area contributed by atoms with Crippen LogP contribution in [0.2, 0.25) is 0 Å². The van der Waals surface area contributed by atoms with Gasteiger partial charge >= 0.3 is 0 Å². The number of rotatable bonds is 7. The standard InChI is InChI=1S/C12H25NO2/c1-5-11(2,3)15-9-12(4,8-14)13-10-6-7-10/h10,13-14H,5-9H2,1-4H3. The van der Waals surface area contributed by atoms with Crippen molar-refractivity contribution >= 4 is 0 Å². The largest absolute Gasteiger partial charge is 0.394 e. The monoisotopic (exact) mass is 215 g/mol. The molecule has 3 heteroatoms. The first-order chi connectivity index (χ1) is 6.91. The molecule has 15 heavy (non-hydrogen) atoms. The minimum absolute atomic E-state index is 0.0956. The van der Waals surface area contributed by atoms with E-state index in [-0.39, 0.29) is 17.7 Å². The van der Waals surface area contributed by atoms with Crippen LogP contribution in [0.4, 0.5) is 0 Å². The molecule has 0 heterocycles. The third-order valence-electron chi connectivity index (χ3n) is 3.11. The van der Waals surface area contributed by atoms with Gasteiger partial charge in [0.05, 0.1) is 24.4 Å². The second-order valence-corrected chi connectivity index (χ2v) is 5.54. The number of ether oxygens (including phenoxy) is 1. The van der Waals surface area contributed by atoms with Crippen molar-refractivity contribution in [1.29, 1.82) is 0 Å². The Bertz CT molecular complexity index is 202. The van der Waals surface area contributed by atoms with E-state index in [4.69, 9.17) is 4.74 Å². The molecule has 0 spiro atoms. The molecular weight excluding hydrogens is 190 g/mol. The van der Waals surface area contributed by atoms with E-state index < -0.39 is 0 Å². The van der Waals surface area contributed by atoms with E-state index >= 15 is 0 Å². The van der Waals surface area contributed by atoms with Crippen LogP contribution in [0.15, 0.2) is 0 Å². The fraction of sp³-hybridized carbons (Fsp3) is 1.00. The van der Waals surface area contributed by atoms with Gasteiger partial charge in [-0.2, -0.15) is 0 Å². The fourth-order valence-electron chi connectivity index (χ4n) is 1.31. The first kappa shape index (κ1) is 12.9. The molecular formula is C12H25NO2. The summed E-state index contributed by atoms with van der Waals surface area (Å²) >= 11 is 0. The molecule has 0 aromatic heterocycles. The molecule has 1 unspecified atom stereocenters. The zero-order chi connectivity index (χ0) is 11.5. The fourth-order valence-corrected chi connectivity index (χ4v) is 1.31. The zero-order valence-electron chi connectivity index (χ0n) is 10.5. The molecule has 1 fully saturated rings. The minimum atomic E-state index is -0.284. The Balaban J connectivity index is 2.37. The van der Waals surface area contributed by atoms with E-state index in [1.165, 1.54) is 12.8 Å². The Kier molecular flexibility index (Phi) is 4.15. The predicted octanol–water partition coefficient (Wildman–Crippen LogP) is 1.69. The molecule has 0 bridgehead atoms. The summed E-state index contributed by atoms with van der Waals surface area (Å²) in [5.74, 6) is 0. The van der Waals surface area contributed by atoms with Crippen molar-refractivity contribution < 1.29 is 9.84 Å². The van der Waals surface area contributed by atoms with Gasteiger partial charge in [0.1, 0.15) is 0 Å². The third-order valence-corrected chi connectivity index (χ3v) is 3.11. The van der Waals surface area contributed by atoms with Gasteiger partial charge in [0.2, 0.25) is 0 Å². The molecule has 1 aliphatic carbocycles. The Hall–Kier alpha value is -0.120. The Morgan fingerprint density at radius 3 is 2.33 bits per heavy atom. The average Bonchev–Trinajstić information content (AvgIpc) is 2.99. The van der Waals surface area contributed by atoms with Crippen molar-refractivity contribution in [2.24, 2.45) is 0 Å². The molecule has 0 saturated heterocycles. The molecule has 2 N–H and O–H groups in total. The molecule has 0 amide bonds. The van der Waals surface area contributed by atoms with Crippen molar-refractivity contribution in [2.75, 3.05) is 13.2 Å². The summed E-state index contributed by atoms with van der Waals surface area (Å²) in [6.07, 6.45) is 3.44. The van der Waals surface area contributed by atoms with Crippen LogP contribution in [-0.2, 0) is 4.74 Å². The second-order valence-electron chi connectivity index (χ2n) is 5.54. The summed E-state index contributed by atoms with van der Waals surface area (Å²) in [7, 11) is 0. The van der Waals surface area contributed by atoms with Crippen molar-refractivity contribution in [3.05, 3.63) is 0 Å². The lowest BCUT2D eigenvalue weighted by atomic mass is 10.0. The topological polar surface area (TPSA) is 41.5 Å². The number of nitrogens with one attached hydrogen (secondary N) is 1.